The molecular weight excluding hydrogens is 444 g/mol. The second-order valence-corrected chi connectivity index (χ2v) is 7.55. The molecule has 146 valence electrons. The third kappa shape index (κ3) is 4.69. The molecule has 3 rings (SSSR count). The van der Waals surface area contributed by atoms with Crippen LogP contribution in [0.25, 0.3) is 5.69 Å². The molecule has 0 aliphatic rings. The summed E-state index contributed by atoms with van der Waals surface area (Å²) in [5.74, 6) is 0.610. The predicted octanol–water partition coefficient (Wildman–Crippen LogP) is 4.04. The number of nitrogens with one attached hydrogen (secondary N) is 1. The van der Waals surface area contributed by atoms with Crippen molar-refractivity contribution in [2.45, 2.75) is 19.4 Å². The maximum Gasteiger partial charge on any atom is 0.256 e. The van der Waals surface area contributed by atoms with Crippen LogP contribution in [-0.2, 0) is 0 Å². The molecule has 0 bridgehead atoms. The van der Waals surface area contributed by atoms with Crippen molar-refractivity contribution in [1.29, 1.82) is 0 Å². The first kappa shape index (κ1) is 20.3. The van der Waals surface area contributed by atoms with E-state index in [1.165, 1.54) is 4.80 Å². The highest BCUT2D eigenvalue weighted by atomic mass is 79.9. The van der Waals surface area contributed by atoms with Gasteiger partial charge in [-0.15, -0.1) is 0 Å². The number of amides is 1. The van der Waals surface area contributed by atoms with Crippen LogP contribution < -0.4 is 5.32 Å². The molecule has 1 amide bonds. The molecule has 28 heavy (non-hydrogen) atoms. The van der Waals surface area contributed by atoms with Crippen LogP contribution in [0.5, 0.6) is 0 Å². The Kier molecular flexibility index (Phi) is 6.64. The number of carbonyl (C=O) groups excluding carboxylic acids is 1. The highest BCUT2D eigenvalue weighted by Gasteiger charge is 2.23. The highest BCUT2D eigenvalue weighted by Crippen LogP contribution is 2.22. The van der Waals surface area contributed by atoms with Gasteiger partial charge in [-0.05, 0) is 36.8 Å². The normalized spacial score (nSPS) is 11.9. The van der Waals surface area contributed by atoms with Crippen LogP contribution in [-0.4, -0.2) is 50.4 Å². The second-order valence-electron chi connectivity index (χ2n) is 6.20. The smallest absolute Gasteiger partial charge is 0.256 e. The standard InChI is InChI=1S/C19H20BrClN6O/c1-3-15(12-23-18-7-5-14(21)11-22-18)26(2)19(28)16-10-13(20)4-6-17(16)27-24-8-9-25-27/h4-11,15H,3,12H2,1-2H3,(H,22,23). The van der Waals surface area contributed by atoms with Crippen molar-refractivity contribution >= 4 is 39.3 Å². The van der Waals surface area contributed by atoms with Crippen molar-refractivity contribution < 1.29 is 4.79 Å². The van der Waals surface area contributed by atoms with Gasteiger partial charge in [-0.2, -0.15) is 15.0 Å². The Balaban J connectivity index is 1.78. The van der Waals surface area contributed by atoms with Gasteiger partial charge in [-0.25, -0.2) is 4.98 Å². The molecule has 0 aliphatic carbocycles. The van der Waals surface area contributed by atoms with E-state index in [0.29, 0.717) is 28.6 Å². The van der Waals surface area contributed by atoms with Crippen LogP contribution in [0.4, 0.5) is 5.82 Å². The monoisotopic (exact) mass is 462 g/mol. The maximum absolute atomic E-state index is 13.2. The van der Waals surface area contributed by atoms with Crippen molar-refractivity contribution in [3.63, 3.8) is 0 Å². The number of carbonyl (C=O) groups is 1. The molecule has 1 N–H and O–H groups in total. The van der Waals surface area contributed by atoms with Crippen molar-refractivity contribution in [1.82, 2.24) is 24.9 Å². The Hall–Kier alpha value is -2.45. The van der Waals surface area contributed by atoms with E-state index in [1.54, 1.807) is 42.7 Å². The molecule has 1 unspecified atom stereocenters. The van der Waals surface area contributed by atoms with Crippen molar-refractivity contribution in [3.8, 4) is 5.69 Å². The Morgan fingerprint density at radius 3 is 2.68 bits per heavy atom. The van der Waals surface area contributed by atoms with Crippen LogP contribution in [0.1, 0.15) is 23.7 Å². The molecule has 1 aromatic carbocycles. The first-order chi connectivity index (χ1) is 13.5. The van der Waals surface area contributed by atoms with Gasteiger partial charge in [0.2, 0.25) is 0 Å². The minimum absolute atomic E-state index is 0.0256. The first-order valence-corrected chi connectivity index (χ1v) is 9.95. The molecule has 1 atom stereocenters. The Morgan fingerprint density at radius 1 is 1.29 bits per heavy atom. The van der Waals surface area contributed by atoms with Crippen LogP contribution in [0, 0.1) is 0 Å². The molecule has 0 fully saturated rings. The molecular formula is C19H20BrClN6O. The van der Waals surface area contributed by atoms with Gasteiger partial charge in [-0.3, -0.25) is 4.79 Å². The number of nitrogens with zero attached hydrogens (tertiary/aromatic N) is 5. The summed E-state index contributed by atoms with van der Waals surface area (Å²) < 4.78 is 0.816. The number of benzene rings is 1. The summed E-state index contributed by atoms with van der Waals surface area (Å²) in [6.45, 7) is 2.61. The maximum atomic E-state index is 13.2. The summed E-state index contributed by atoms with van der Waals surface area (Å²) in [7, 11) is 1.80. The fourth-order valence-electron chi connectivity index (χ4n) is 2.81. The summed E-state index contributed by atoms with van der Waals surface area (Å²) in [5, 5.41) is 12.2. The van der Waals surface area contributed by atoms with E-state index in [0.717, 1.165) is 10.9 Å². The molecule has 0 spiro atoms. The van der Waals surface area contributed by atoms with E-state index in [-0.39, 0.29) is 11.9 Å². The molecule has 0 saturated carbocycles. The highest BCUT2D eigenvalue weighted by molar-refractivity contribution is 9.10. The van der Waals surface area contributed by atoms with Crippen LogP contribution in [0.2, 0.25) is 5.02 Å². The number of hydrogen-bond acceptors (Lipinski definition) is 5. The Labute approximate surface area is 176 Å². The van der Waals surface area contributed by atoms with Crippen molar-refractivity contribution in [3.05, 3.63) is 64.0 Å². The second kappa shape index (κ2) is 9.16. The molecule has 2 heterocycles. The number of halogens is 2. The van der Waals surface area contributed by atoms with Gasteiger partial charge in [0.25, 0.3) is 5.91 Å². The minimum atomic E-state index is -0.105. The predicted molar refractivity (Wildman–Crippen MR) is 113 cm³/mol. The van der Waals surface area contributed by atoms with Gasteiger partial charge in [0.1, 0.15) is 5.82 Å². The Bertz CT molecular complexity index is 932. The average Bonchev–Trinajstić information content (AvgIpc) is 3.23. The molecule has 0 aliphatic heterocycles. The number of pyridine rings is 1. The van der Waals surface area contributed by atoms with Gasteiger partial charge in [0.15, 0.2) is 0 Å². The molecule has 2 aromatic heterocycles. The lowest BCUT2D eigenvalue weighted by Crippen LogP contribution is -2.41. The van der Waals surface area contributed by atoms with Gasteiger partial charge >= 0.3 is 0 Å². The fraction of sp³-hybridized carbons (Fsp3) is 0.263. The van der Waals surface area contributed by atoms with Gasteiger partial charge in [0.05, 0.1) is 28.7 Å². The zero-order valence-electron chi connectivity index (χ0n) is 15.5. The van der Waals surface area contributed by atoms with Gasteiger partial charge < -0.3 is 10.2 Å². The minimum Gasteiger partial charge on any atom is -0.368 e. The number of anilines is 1. The van der Waals surface area contributed by atoms with Crippen molar-refractivity contribution in [2.75, 3.05) is 18.9 Å². The zero-order chi connectivity index (χ0) is 20.1. The molecule has 0 radical (unpaired) electrons. The number of rotatable bonds is 7. The van der Waals surface area contributed by atoms with Gasteiger partial charge in [0, 0.05) is 30.3 Å². The summed E-state index contributed by atoms with van der Waals surface area (Å²) in [6, 6.07) is 9.04. The quantitative estimate of drug-likeness (QED) is 0.572. The van der Waals surface area contributed by atoms with Crippen molar-refractivity contribution in [2.24, 2.45) is 0 Å². The lowest BCUT2D eigenvalue weighted by atomic mass is 10.1. The van der Waals surface area contributed by atoms with E-state index in [9.17, 15) is 4.79 Å². The zero-order valence-corrected chi connectivity index (χ0v) is 17.9. The molecule has 7 nitrogen and oxygen atoms in total. The first-order valence-electron chi connectivity index (χ1n) is 8.78. The van der Waals surface area contributed by atoms with Crippen LogP contribution in [0.15, 0.2) is 53.4 Å². The Morgan fingerprint density at radius 2 is 2.04 bits per heavy atom. The van der Waals surface area contributed by atoms with E-state index in [2.05, 4.69) is 36.4 Å². The number of hydrogen-bond donors (Lipinski definition) is 1. The molecule has 3 aromatic rings. The lowest BCUT2D eigenvalue weighted by molar-refractivity contribution is 0.0735. The van der Waals surface area contributed by atoms with Gasteiger partial charge in [-0.1, -0.05) is 34.5 Å². The SMILES string of the molecule is CCC(CNc1ccc(Cl)cn1)N(C)C(=O)c1cc(Br)ccc1-n1nccn1. The van der Waals surface area contributed by atoms with Crippen LogP contribution in [0.3, 0.4) is 0 Å². The summed E-state index contributed by atoms with van der Waals surface area (Å²) in [5.41, 5.74) is 1.16. The summed E-state index contributed by atoms with van der Waals surface area (Å²) in [4.78, 5) is 20.7. The number of likely N-dealkylation sites (N-methyl/N-ethyl adjacent to an activating group) is 1. The summed E-state index contributed by atoms with van der Waals surface area (Å²) in [6.07, 6.45) is 5.53. The fourth-order valence-corrected chi connectivity index (χ4v) is 3.28. The van der Waals surface area contributed by atoms with E-state index in [4.69, 9.17) is 11.6 Å². The summed E-state index contributed by atoms with van der Waals surface area (Å²) >= 11 is 9.32. The number of aromatic nitrogens is 4. The third-order valence-corrected chi connectivity index (χ3v) is 5.13. The topological polar surface area (TPSA) is 75.9 Å². The van der Waals surface area contributed by atoms with Crippen LogP contribution >= 0.6 is 27.5 Å². The average molecular weight is 464 g/mol. The third-order valence-electron chi connectivity index (χ3n) is 4.41. The van der Waals surface area contributed by atoms with E-state index in [1.807, 2.05) is 25.1 Å². The largest absolute Gasteiger partial charge is 0.368 e. The van der Waals surface area contributed by atoms with E-state index < -0.39 is 0 Å². The molecule has 9 heteroatoms. The lowest BCUT2D eigenvalue weighted by Gasteiger charge is -2.28. The van der Waals surface area contributed by atoms with E-state index >= 15 is 0 Å². The molecule has 0 saturated heterocycles.